The number of rotatable bonds is 5. The molecular formula is C19H24N4O2. The predicted octanol–water partition coefficient (Wildman–Crippen LogP) is 2.36. The maximum Gasteiger partial charge on any atom is 0.256 e. The molecule has 132 valence electrons. The Hall–Kier alpha value is -2.63. The molecule has 2 N–H and O–H groups in total. The van der Waals surface area contributed by atoms with Gasteiger partial charge in [0.15, 0.2) is 0 Å². The van der Waals surface area contributed by atoms with E-state index in [1.807, 2.05) is 42.7 Å². The van der Waals surface area contributed by atoms with Crippen molar-refractivity contribution in [2.75, 3.05) is 6.54 Å². The summed E-state index contributed by atoms with van der Waals surface area (Å²) in [4.78, 5) is 30.7. The molecule has 2 heterocycles. The molecule has 0 bridgehead atoms. The van der Waals surface area contributed by atoms with Crippen molar-refractivity contribution in [1.29, 1.82) is 0 Å². The van der Waals surface area contributed by atoms with Crippen LogP contribution in [0.15, 0.2) is 30.5 Å². The largest absolute Gasteiger partial charge is 0.368 e. The molecule has 0 radical (unpaired) electrons. The van der Waals surface area contributed by atoms with Crippen LogP contribution in [-0.4, -0.2) is 38.9 Å². The van der Waals surface area contributed by atoms with E-state index in [-0.39, 0.29) is 18.5 Å². The van der Waals surface area contributed by atoms with Crippen LogP contribution in [0, 0.1) is 13.8 Å². The Morgan fingerprint density at radius 1 is 1.28 bits per heavy atom. The number of aromatic nitrogens is 2. The molecule has 6 heteroatoms. The number of hydrogen-bond acceptors (Lipinski definition) is 3. The monoisotopic (exact) mass is 340 g/mol. The SMILES string of the molecule is Cc1cc(C(=O)N(CC(N)=O)C2CCCC2)c(C)n1-c1ccccn1. The number of carbonyl (C=O) groups is 2. The Morgan fingerprint density at radius 3 is 2.60 bits per heavy atom. The number of aryl methyl sites for hydroxylation is 1. The molecular weight excluding hydrogens is 316 g/mol. The summed E-state index contributed by atoms with van der Waals surface area (Å²) in [5.74, 6) is 0.179. The lowest BCUT2D eigenvalue weighted by Crippen LogP contribution is -2.44. The smallest absolute Gasteiger partial charge is 0.256 e. The summed E-state index contributed by atoms with van der Waals surface area (Å²) in [5.41, 5.74) is 7.76. The first-order chi connectivity index (χ1) is 12.0. The van der Waals surface area contributed by atoms with Gasteiger partial charge in [0.05, 0.1) is 12.1 Å². The fourth-order valence-corrected chi connectivity index (χ4v) is 3.72. The third-order valence-electron chi connectivity index (χ3n) is 4.89. The highest BCUT2D eigenvalue weighted by atomic mass is 16.2. The molecule has 2 aromatic rings. The van der Waals surface area contributed by atoms with Gasteiger partial charge in [-0.15, -0.1) is 0 Å². The molecule has 6 nitrogen and oxygen atoms in total. The third kappa shape index (κ3) is 3.43. The van der Waals surface area contributed by atoms with Gasteiger partial charge < -0.3 is 15.2 Å². The van der Waals surface area contributed by atoms with Crippen molar-refractivity contribution in [2.24, 2.45) is 5.73 Å². The van der Waals surface area contributed by atoms with Crippen LogP contribution >= 0.6 is 0 Å². The quantitative estimate of drug-likeness (QED) is 0.907. The lowest BCUT2D eigenvalue weighted by Gasteiger charge is -2.27. The molecule has 1 fully saturated rings. The predicted molar refractivity (Wildman–Crippen MR) is 95.5 cm³/mol. The zero-order valence-corrected chi connectivity index (χ0v) is 14.7. The van der Waals surface area contributed by atoms with E-state index in [2.05, 4.69) is 4.98 Å². The average Bonchev–Trinajstić information content (AvgIpc) is 3.21. The molecule has 2 amide bonds. The van der Waals surface area contributed by atoms with Crippen molar-refractivity contribution in [3.63, 3.8) is 0 Å². The first kappa shape index (κ1) is 17.2. The van der Waals surface area contributed by atoms with Crippen LogP contribution in [-0.2, 0) is 4.79 Å². The van der Waals surface area contributed by atoms with Gasteiger partial charge in [0.1, 0.15) is 5.82 Å². The van der Waals surface area contributed by atoms with Gasteiger partial charge in [0, 0.05) is 23.6 Å². The number of amides is 2. The highest BCUT2D eigenvalue weighted by Gasteiger charge is 2.30. The van der Waals surface area contributed by atoms with Crippen molar-refractivity contribution in [2.45, 2.75) is 45.6 Å². The fraction of sp³-hybridized carbons (Fsp3) is 0.421. The Bertz CT molecular complexity index is 776. The second kappa shape index (κ2) is 7.09. The molecule has 1 saturated carbocycles. The number of nitrogens with two attached hydrogens (primary N) is 1. The number of carbonyl (C=O) groups excluding carboxylic acids is 2. The number of hydrogen-bond donors (Lipinski definition) is 1. The van der Waals surface area contributed by atoms with Crippen molar-refractivity contribution in [3.8, 4) is 5.82 Å². The standard InChI is InChI=1S/C19H24N4O2/c1-13-11-16(14(2)23(13)18-9-5-6-10-21-18)19(25)22(12-17(20)24)15-7-3-4-8-15/h5-6,9-11,15H,3-4,7-8,12H2,1-2H3,(H2,20,24). The Labute approximate surface area is 147 Å². The van der Waals surface area contributed by atoms with E-state index in [1.54, 1.807) is 11.1 Å². The van der Waals surface area contributed by atoms with Crippen molar-refractivity contribution in [3.05, 3.63) is 47.4 Å². The van der Waals surface area contributed by atoms with Crippen molar-refractivity contribution < 1.29 is 9.59 Å². The normalized spacial score (nSPS) is 14.6. The summed E-state index contributed by atoms with van der Waals surface area (Å²) in [6.45, 7) is 3.83. The van der Waals surface area contributed by atoms with Gasteiger partial charge in [0.25, 0.3) is 5.91 Å². The topological polar surface area (TPSA) is 81.2 Å². The van der Waals surface area contributed by atoms with Crippen LogP contribution in [0.5, 0.6) is 0 Å². The molecule has 1 aliphatic carbocycles. The first-order valence-corrected chi connectivity index (χ1v) is 8.68. The van der Waals surface area contributed by atoms with Gasteiger partial charge in [-0.3, -0.25) is 9.59 Å². The number of primary amides is 1. The van der Waals surface area contributed by atoms with E-state index in [1.165, 1.54) is 0 Å². The second-order valence-electron chi connectivity index (χ2n) is 6.65. The number of nitrogens with zero attached hydrogens (tertiary/aromatic N) is 3. The lowest BCUT2D eigenvalue weighted by atomic mass is 10.1. The molecule has 0 spiro atoms. The summed E-state index contributed by atoms with van der Waals surface area (Å²) in [5, 5.41) is 0. The first-order valence-electron chi connectivity index (χ1n) is 8.68. The maximum atomic E-state index is 13.2. The molecule has 25 heavy (non-hydrogen) atoms. The summed E-state index contributed by atoms with van der Waals surface area (Å²) < 4.78 is 1.96. The molecule has 3 rings (SSSR count). The molecule has 0 aliphatic heterocycles. The van der Waals surface area contributed by atoms with E-state index >= 15 is 0 Å². The summed E-state index contributed by atoms with van der Waals surface area (Å²) in [6, 6.07) is 7.65. The van der Waals surface area contributed by atoms with E-state index < -0.39 is 5.91 Å². The van der Waals surface area contributed by atoms with E-state index in [9.17, 15) is 9.59 Å². The zero-order valence-electron chi connectivity index (χ0n) is 14.7. The van der Waals surface area contributed by atoms with E-state index in [0.29, 0.717) is 5.56 Å². The molecule has 2 aromatic heterocycles. The minimum atomic E-state index is -0.473. The molecule has 0 aromatic carbocycles. The minimum absolute atomic E-state index is 0.0310. The highest BCUT2D eigenvalue weighted by Crippen LogP contribution is 2.27. The van der Waals surface area contributed by atoms with Crippen molar-refractivity contribution >= 4 is 11.8 Å². The summed E-state index contributed by atoms with van der Waals surface area (Å²) >= 11 is 0. The van der Waals surface area contributed by atoms with Gasteiger partial charge >= 0.3 is 0 Å². The van der Waals surface area contributed by atoms with Crippen LogP contribution < -0.4 is 5.73 Å². The number of pyridine rings is 1. The van der Waals surface area contributed by atoms with Gasteiger partial charge in [-0.1, -0.05) is 18.9 Å². The van der Waals surface area contributed by atoms with Crippen LogP contribution in [0.25, 0.3) is 5.82 Å². The van der Waals surface area contributed by atoms with Crippen LogP contribution in [0.2, 0.25) is 0 Å². The minimum Gasteiger partial charge on any atom is -0.368 e. The van der Waals surface area contributed by atoms with Gasteiger partial charge in [-0.05, 0) is 44.9 Å². The summed E-state index contributed by atoms with van der Waals surface area (Å²) in [7, 11) is 0. The molecule has 1 aliphatic rings. The van der Waals surface area contributed by atoms with E-state index in [4.69, 9.17) is 5.73 Å². The lowest BCUT2D eigenvalue weighted by molar-refractivity contribution is -0.119. The average molecular weight is 340 g/mol. The molecule has 0 atom stereocenters. The Balaban J connectivity index is 1.97. The maximum absolute atomic E-state index is 13.2. The Kier molecular flexibility index (Phi) is 4.88. The van der Waals surface area contributed by atoms with Crippen molar-refractivity contribution in [1.82, 2.24) is 14.5 Å². The van der Waals surface area contributed by atoms with Crippen LogP contribution in [0.4, 0.5) is 0 Å². The highest BCUT2D eigenvalue weighted by molar-refractivity contribution is 5.98. The van der Waals surface area contributed by atoms with Gasteiger partial charge in [0.2, 0.25) is 5.91 Å². The molecule has 0 saturated heterocycles. The van der Waals surface area contributed by atoms with Crippen LogP contribution in [0.1, 0.15) is 47.4 Å². The van der Waals surface area contributed by atoms with Gasteiger partial charge in [-0.25, -0.2) is 4.98 Å². The molecule has 0 unspecified atom stereocenters. The van der Waals surface area contributed by atoms with Gasteiger partial charge in [-0.2, -0.15) is 0 Å². The zero-order chi connectivity index (χ0) is 18.0. The van der Waals surface area contributed by atoms with Crippen LogP contribution in [0.3, 0.4) is 0 Å². The Morgan fingerprint density at radius 2 is 2.00 bits per heavy atom. The fourth-order valence-electron chi connectivity index (χ4n) is 3.72. The van der Waals surface area contributed by atoms with E-state index in [0.717, 1.165) is 42.9 Å². The second-order valence-corrected chi connectivity index (χ2v) is 6.65. The summed E-state index contributed by atoms with van der Waals surface area (Å²) in [6.07, 6.45) is 5.75. The third-order valence-corrected chi connectivity index (χ3v) is 4.89.